The van der Waals surface area contributed by atoms with Crippen LogP contribution in [0.15, 0.2) is 18.2 Å². The second-order valence-corrected chi connectivity index (χ2v) is 7.33. The van der Waals surface area contributed by atoms with Gasteiger partial charge in [-0.25, -0.2) is 0 Å². The summed E-state index contributed by atoms with van der Waals surface area (Å²) in [5.41, 5.74) is 4.61. The minimum absolute atomic E-state index is 0.364. The van der Waals surface area contributed by atoms with Gasteiger partial charge in [-0.2, -0.15) is 0 Å². The minimum atomic E-state index is 0.364. The van der Waals surface area contributed by atoms with Crippen LogP contribution >= 0.6 is 15.9 Å². The first-order valence-electron chi connectivity index (χ1n) is 6.50. The molecular weight excluding hydrogens is 272 g/mol. The van der Waals surface area contributed by atoms with E-state index in [0.717, 1.165) is 0 Å². The molecular formula is C16H25Br. The molecule has 0 aromatic heterocycles. The van der Waals surface area contributed by atoms with Gasteiger partial charge in [0.05, 0.1) is 0 Å². The molecule has 96 valence electrons. The van der Waals surface area contributed by atoms with Gasteiger partial charge in [-0.3, -0.25) is 0 Å². The van der Waals surface area contributed by atoms with Gasteiger partial charge in [-0.1, -0.05) is 66.0 Å². The van der Waals surface area contributed by atoms with E-state index in [2.05, 4.69) is 68.7 Å². The molecule has 0 fully saturated rings. The topological polar surface area (TPSA) is 0 Å². The van der Waals surface area contributed by atoms with Crippen LogP contribution in [0.4, 0.5) is 0 Å². The van der Waals surface area contributed by atoms with Crippen molar-refractivity contribution < 1.29 is 0 Å². The van der Waals surface area contributed by atoms with Crippen LogP contribution in [0.1, 0.15) is 50.3 Å². The maximum atomic E-state index is 3.80. The standard InChI is InChI=1S/C16H25Br/c1-12-9-13(2)11-14(10-12)7-6-8-15(17)16(3,4)5/h9-11,15H,6-8H2,1-5H3. The lowest BCUT2D eigenvalue weighted by Gasteiger charge is -2.25. The van der Waals surface area contributed by atoms with Gasteiger partial charge in [0.2, 0.25) is 0 Å². The number of rotatable bonds is 4. The smallest absolute Gasteiger partial charge is 0.0194 e. The lowest BCUT2D eigenvalue weighted by Crippen LogP contribution is -2.20. The van der Waals surface area contributed by atoms with Crippen LogP contribution in [-0.4, -0.2) is 4.83 Å². The zero-order chi connectivity index (χ0) is 13.1. The molecule has 1 aromatic rings. The fourth-order valence-electron chi connectivity index (χ4n) is 2.13. The summed E-state index contributed by atoms with van der Waals surface area (Å²) in [5, 5.41) is 0. The van der Waals surface area contributed by atoms with Crippen LogP contribution in [0, 0.1) is 19.3 Å². The van der Waals surface area contributed by atoms with Crippen LogP contribution < -0.4 is 0 Å². The molecule has 0 nitrogen and oxygen atoms in total. The van der Waals surface area contributed by atoms with Crippen molar-refractivity contribution in [2.45, 2.75) is 58.7 Å². The van der Waals surface area contributed by atoms with E-state index in [-0.39, 0.29) is 0 Å². The van der Waals surface area contributed by atoms with Crippen LogP contribution in [0.5, 0.6) is 0 Å². The minimum Gasteiger partial charge on any atom is -0.0885 e. The van der Waals surface area contributed by atoms with E-state index in [1.165, 1.54) is 36.0 Å². The van der Waals surface area contributed by atoms with Crippen molar-refractivity contribution in [1.82, 2.24) is 0 Å². The maximum Gasteiger partial charge on any atom is 0.0194 e. The Bertz CT molecular complexity index is 340. The number of hydrogen-bond acceptors (Lipinski definition) is 0. The summed E-state index contributed by atoms with van der Waals surface area (Å²) in [4.78, 5) is 0.612. The van der Waals surface area contributed by atoms with Gasteiger partial charge in [0.15, 0.2) is 0 Å². The average molecular weight is 297 g/mol. The van der Waals surface area contributed by atoms with Crippen molar-refractivity contribution in [3.8, 4) is 0 Å². The molecule has 0 aliphatic rings. The van der Waals surface area contributed by atoms with Gasteiger partial charge in [0.1, 0.15) is 0 Å². The second kappa shape index (κ2) is 6.04. The normalized spacial score (nSPS) is 13.8. The summed E-state index contributed by atoms with van der Waals surface area (Å²) in [6, 6.07) is 6.87. The second-order valence-electron chi connectivity index (χ2n) is 6.22. The summed E-state index contributed by atoms with van der Waals surface area (Å²) >= 11 is 3.80. The average Bonchev–Trinajstić information content (AvgIpc) is 2.14. The molecule has 17 heavy (non-hydrogen) atoms. The maximum absolute atomic E-state index is 3.80. The number of aryl methyl sites for hydroxylation is 3. The van der Waals surface area contributed by atoms with Gasteiger partial charge in [-0.05, 0) is 44.1 Å². The SMILES string of the molecule is Cc1cc(C)cc(CCCC(Br)C(C)(C)C)c1. The Hall–Kier alpha value is -0.300. The summed E-state index contributed by atoms with van der Waals surface area (Å²) in [7, 11) is 0. The molecule has 1 aromatic carbocycles. The third kappa shape index (κ3) is 5.25. The summed E-state index contributed by atoms with van der Waals surface area (Å²) in [6.45, 7) is 11.2. The Morgan fingerprint density at radius 2 is 1.59 bits per heavy atom. The highest BCUT2D eigenvalue weighted by Crippen LogP contribution is 2.30. The van der Waals surface area contributed by atoms with Crippen molar-refractivity contribution in [1.29, 1.82) is 0 Å². The van der Waals surface area contributed by atoms with Crippen molar-refractivity contribution >= 4 is 15.9 Å². The van der Waals surface area contributed by atoms with E-state index in [1.54, 1.807) is 0 Å². The molecule has 1 heteroatoms. The molecule has 0 amide bonds. The fourth-order valence-corrected chi connectivity index (χ4v) is 2.46. The van der Waals surface area contributed by atoms with Crippen LogP contribution in [0.25, 0.3) is 0 Å². The fraction of sp³-hybridized carbons (Fsp3) is 0.625. The Kier molecular flexibility index (Phi) is 5.24. The Balaban J connectivity index is 2.46. The molecule has 0 saturated heterocycles. The van der Waals surface area contributed by atoms with Crippen molar-refractivity contribution in [3.05, 3.63) is 34.9 Å². The molecule has 0 radical (unpaired) electrons. The van der Waals surface area contributed by atoms with E-state index in [4.69, 9.17) is 0 Å². The highest BCUT2D eigenvalue weighted by atomic mass is 79.9. The third-order valence-corrected chi connectivity index (χ3v) is 4.98. The van der Waals surface area contributed by atoms with Gasteiger partial charge >= 0.3 is 0 Å². The molecule has 1 atom stereocenters. The van der Waals surface area contributed by atoms with Gasteiger partial charge in [-0.15, -0.1) is 0 Å². The van der Waals surface area contributed by atoms with E-state index >= 15 is 0 Å². The Labute approximate surface area is 115 Å². The zero-order valence-corrected chi connectivity index (χ0v) is 13.4. The predicted molar refractivity (Wildman–Crippen MR) is 81.0 cm³/mol. The van der Waals surface area contributed by atoms with Gasteiger partial charge in [0, 0.05) is 4.83 Å². The van der Waals surface area contributed by atoms with Gasteiger partial charge in [0.25, 0.3) is 0 Å². The van der Waals surface area contributed by atoms with E-state index in [1.807, 2.05) is 0 Å². The molecule has 0 aliphatic heterocycles. The van der Waals surface area contributed by atoms with Gasteiger partial charge < -0.3 is 0 Å². The van der Waals surface area contributed by atoms with E-state index in [0.29, 0.717) is 10.2 Å². The largest absolute Gasteiger partial charge is 0.0885 e. The summed E-state index contributed by atoms with van der Waals surface area (Å²) in [6.07, 6.45) is 3.70. The van der Waals surface area contributed by atoms with E-state index in [9.17, 15) is 0 Å². The van der Waals surface area contributed by atoms with Crippen LogP contribution in [0.3, 0.4) is 0 Å². The van der Waals surface area contributed by atoms with Crippen molar-refractivity contribution in [2.75, 3.05) is 0 Å². The molecule has 0 aliphatic carbocycles. The van der Waals surface area contributed by atoms with Crippen LogP contribution in [0.2, 0.25) is 0 Å². The van der Waals surface area contributed by atoms with Crippen molar-refractivity contribution in [2.24, 2.45) is 5.41 Å². The molecule has 0 bridgehead atoms. The monoisotopic (exact) mass is 296 g/mol. The highest BCUT2D eigenvalue weighted by molar-refractivity contribution is 9.09. The number of halogens is 1. The molecule has 0 heterocycles. The Morgan fingerprint density at radius 3 is 2.06 bits per heavy atom. The third-order valence-electron chi connectivity index (χ3n) is 3.14. The first-order valence-corrected chi connectivity index (χ1v) is 7.42. The number of benzene rings is 1. The first kappa shape index (κ1) is 14.8. The van der Waals surface area contributed by atoms with E-state index < -0.39 is 0 Å². The molecule has 1 rings (SSSR count). The quantitative estimate of drug-likeness (QED) is 0.649. The lowest BCUT2D eigenvalue weighted by atomic mass is 9.89. The first-order chi connectivity index (χ1) is 7.79. The predicted octanol–water partition coefficient (Wildman–Crippen LogP) is 5.44. The lowest BCUT2D eigenvalue weighted by molar-refractivity contribution is 0.380. The highest BCUT2D eigenvalue weighted by Gasteiger charge is 2.20. The number of hydrogen-bond donors (Lipinski definition) is 0. The van der Waals surface area contributed by atoms with Crippen LogP contribution in [-0.2, 0) is 6.42 Å². The molecule has 0 N–H and O–H groups in total. The molecule has 0 spiro atoms. The Morgan fingerprint density at radius 1 is 1.06 bits per heavy atom. The zero-order valence-electron chi connectivity index (χ0n) is 11.8. The number of alkyl halides is 1. The van der Waals surface area contributed by atoms with Crippen molar-refractivity contribution in [3.63, 3.8) is 0 Å². The molecule has 0 saturated carbocycles. The summed E-state index contributed by atoms with van der Waals surface area (Å²) in [5.74, 6) is 0. The summed E-state index contributed by atoms with van der Waals surface area (Å²) < 4.78 is 0. The molecule has 1 unspecified atom stereocenters.